The zero-order chi connectivity index (χ0) is 12.4. The van der Waals surface area contributed by atoms with Gasteiger partial charge in [0, 0.05) is 12.3 Å². The number of hydrogen-bond donors (Lipinski definition) is 1. The molecule has 1 aromatic rings. The Kier molecular flexibility index (Phi) is 3.42. The predicted molar refractivity (Wildman–Crippen MR) is 51.0 cm³/mol. The van der Waals surface area contributed by atoms with E-state index >= 15 is 0 Å². The summed E-state index contributed by atoms with van der Waals surface area (Å²) in [6, 6.07) is 1.66. The summed E-state index contributed by atoms with van der Waals surface area (Å²) >= 11 is 0. The number of ether oxygens (including phenoxy) is 1. The summed E-state index contributed by atoms with van der Waals surface area (Å²) in [5.41, 5.74) is -1.94. The second kappa shape index (κ2) is 4.29. The van der Waals surface area contributed by atoms with Gasteiger partial charge in [-0.15, -0.1) is 0 Å². The summed E-state index contributed by atoms with van der Waals surface area (Å²) in [6.45, 7) is 2.85. The van der Waals surface area contributed by atoms with E-state index in [1.807, 2.05) is 0 Å². The molecule has 1 heterocycles. The molecule has 16 heavy (non-hydrogen) atoms. The SMILES string of the molecule is CC(C)(O)COc1cc(C(F)(F)F)ccn1. The molecule has 0 atom stereocenters. The van der Waals surface area contributed by atoms with Crippen LogP contribution in [0.5, 0.6) is 5.88 Å². The molecule has 0 aliphatic heterocycles. The average Bonchev–Trinajstić information content (AvgIpc) is 2.13. The highest BCUT2D eigenvalue weighted by molar-refractivity contribution is 5.22. The Bertz CT molecular complexity index is 358. The fourth-order valence-electron chi connectivity index (χ4n) is 0.915. The largest absolute Gasteiger partial charge is 0.475 e. The molecule has 0 bridgehead atoms. The lowest BCUT2D eigenvalue weighted by molar-refractivity contribution is -0.137. The van der Waals surface area contributed by atoms with E-state index in [4.69, 9.17) is 4.74 Å². The molecule has 0 saturated heterocycles. The molecule has 0 spiro atoms. The van der Waals surface area contributed by atoms with E-state index in [0.717, 1.165) is 18.3 Å². The molecule has 0 fully saturated rings. The van der Waals surface area contributed by atoms with Gasteiger partial charge in [0.2, 0.25) is 5.88 Å². The van der Waals surface area contributed by atoms with Gasteiger partial charge in [0.15, 0.2) is 0 Å². The maximum atomic E-state index is 12.3. The molecular formula is C10H12F3NO2. The van der Waals surface area contributed by atoms with Crippen molar-refractivity contribution in [2.24, 2.45) is 0 Å². The van der Waals surface area contributed by atoms with Crippen LogP contribution in [0, 0.1) is 0 Å². The normalized spacial score (nSPS) is 12.6. The minimum Gasteiger partial charge on any atom is -0.475 e. The molecule has 0 aliphatic rings. The Morgan fingerprint density at radius 3 is 2.50 bits per heavy atom. The first-order valence-corrected chi connectivity index (χ1v) is 4.57. The van der Waals surface area contributed by atoms with Gasteiger partial charge in [-0.1, -0.05) is 0 Å². The quantitative estimate of drug-likeness (QED) is 0.873. The second-order valence-electron chi connectivity index (χ2n) is 3.98. The van der Waals surface area contributed by atoms with E-state index in [2.05, 4.69) is 4.98 Å². The van der Waals surface area contributed by atoms with Gasteiger partial charge in [0.05, 0.1) is 11.2 Å². The Morgan fingerprint density at radius 2 is 2.00 bits per heavy atom. The van der Waals surface area contributed by atoms with Crippen molar-refractivity contribution < 1.29 is 23.0 Å². The van der Waals surface area contributed by atoms with E-state index in [9.17, 15) is 18.3 Å². The third-order valence-electron chi connectivity index (χ3n) is 1.64. The Labute approximate surface area is 90.9 Å². The first-order valence-electron chi connectivity index (χ1n) is 4.57. The zero-order valence-corrected chi connectivity index (χ0v) is 8.88. The van der Waals surface area contributed by atoms with Crippen molar-refractivity contribution in [1.82, 2.24) is 4.98 Å². The zero-order valence-electron chi connectivity index (χ0n) is 8.88. The van der Waals surface area contributed by atoms with Crippen molar-refractivity contribution in [3.05, 3.63) is 23.9 Å². The standard InChI is InChI=1S/C10H12F3NO2/c1-9(2,15)6-16-8-5-7(3-4-14-8)10(11,12)13/h3-5,15H,6H2,1-2H3. The van der Waals surface area contributed by atoms with Crippen LogP contribution in [-0.4, -0.2) is 22.3 Å². The van der Waals surface area contributed by atoms with Crippen LogP contribution in [0.2, 0.25) is 0 Å². The summed E-state index contributed by atoms with van der Waals surface area (Å²) in [5.74, 6) is -0.156. The molecule has 90 valence electrons. The van der Waals surface area contributed by atoms with Crippen LogP contribution < -0.4 is 4.74 Å². The smallest absolute Gasteiger partial charge is 0.416 e. The number of alkyl halides is 3. The van der Waals surface area contributed by atoms with E-state index < -0.39 is 17.3 Å². The molecule has 0 unspecified atom stereocenters. The Morgan fingerprint density at radius 1 is 1.38 bits per heavy atom. The molecule has 1 rings (SSSR count). The summed E-state index contributed by atoms with van der Waals surface area (Å²) in [6.07, 6.45) is -3.40. The first kappa shape index (κ1) is 12.8. The molecular weight excluding hydrogens is 223 g/mol. The fraction of sp³-hybridized carbons (Fsp3) is 0.500. The van der Waals surface area contributed by atoms with Gasteiger partial charge in [-0.3, -0.25) is 0 Å². The lowest BCUT2D eigenvalue weighted by atomic mass is 10.2. The molecule has 0 radical (unpaired) electrons. The minimum atomic E-state index is -4.42. The molecule has 0 aromatic carbocycles. The van der Waals surface area contributed by atoms with Gasteiger partial charge in [0.25, 0.3) is 0 Å². The van der Waals surface area contributed by atoms with E-state index in [1.54, 1.807) is 0 Å². The number of aliphatic hydroxyl groups is 1. The Hall–Kier alpha value is -1.30. The van der Waals surface area contributed by atoms with Crippen molar-refractivity contribution in [2.75, 3.05) is 6.61 Å². The molecule has 0 amide bonds. The average molecular weight is 235 g/mol. The highest BCUT2D eigenvalue weighted by Gasteiger charge is 2.31. The van der Waals surface area contributed by atoms with E-state index in [0.29, 0.717) is 0 Å². The summed E-state index contributed by atoms with van der Waals surface area (Å²) in [4.78, 5) is 3.62. The van der Waals surface area contributed by atoms with Crippen molar-refractivity contribution >= 4 is 0 Å². The van der Waals surface area contributed by atoms with Crippen LogP contribution in [-0.2, 0) is 6.18 Å². The Balaban J connectivity index is 2.76. The van der Waals surface area contributed by atoms with Gasteiger partial charge < -0.3 is 9.84 Å². The summed E-state index contributed by atoms with van der Waals surface area (Å²) < 4.78 is 41.9. The number of nitrogens with zero attached hydrogens (tertiary/aromatic N) is 1. The van der Waals surface area contributed by atoms with E-state index in [-0.39, 0.29) is 12.5 Å². The van der Waals surface area contributed by atoms with Gasteiger partial charge in [0.1, 0.15) is 6.61 Å². The van der Waals surface area contributed by atoms with Crippen molar-refractivity contribution in [3.8, 4) is 5.88 Å². The van der Waals surface area contributed by atoms with Gasteiger partial charge in [-0.2, -0.15) is 13.2 Å². The lowest BCUT2D eigenvalue weighted by Gasteiger charge is -2.17. The minimum absolute atomic E-state index is 0.124. The topological polar surface area (TPSA) is 42.4 Å². The molecule has 6 heteroatoms. The van der Waals surface area contributed by atoms with E-state index in [1.165, 1.54) is 13.8 Å². The molecule has 1 aromatic heterocycles. The number of aromatic nitrogens is 1. The highest BCUT2D eigenvalue weighted by Crippen LogP contribution is 2.30. The fourth-order valence-corrected chi connectivity index (χ4v) is 0.915. The van der Waals surface area contributed by atoms with Crippen LogP contribution in [0.4, 0.5) is 13.2 Å². The van der Waals surface area contributed by atoms with Crippen molar-refractivity contribution in [1.29, 1.82) is 0 Å². The van der Waals surface area contributed by atoms with Gasteiger partial charge in [-0.05, 0) is 19.9 Å². The second-order valence-corrected chi connectivity index (χ2v) is 3.98. The van der Waals surface area contributed by atoms with Crippen LogP contribution in [0.3, 0.4) is 0 Å². The van der Waals surface area contributed by atoms with Gasteiger partial charge in [-0.25, -0.2) is 4.98 Å². The summed E-state index contributed by atoms with van der Waals surface area (Å²) in [7, 11) is 0. The van der Waals surface area contributed by atoms with Crippen LogP contribution in [0.15, 0.2) is 18.3 Å². The molecule has 0 aliphatic carbocycles. The molecule has 0 saturated carbocycles. The van der Waals surface area contributed by atoms with Crippen LogP contribution in [0.25, 0.3) is 0 Å². The maximum absolute atomic E-state index is 12.3. The third-order valence-corrected chi connectivity index (χ3v) is 1.64. The highest BCUT2D eigenvalue weighted by atomic mass is 19.4. The predicted octanol–water partition coefficient (Wildman–Crippen LogP) is 2.25. The van der Waals surface area contributed by atoms with Crippen molar-refractivity contribution in [2.45, 2.75) is 25.6 Å². The lowest BCUT2D eigenvalue weighted by Crippen LogP contribution is -2.28. The first-order chi connectivity index (χ1) is 7.18. The maximum Gasteiger partial charge on any atom is 0.416 e. The summed E-state index contributed by atoms with van der Waals surface area (Å²) in [5, 5.41) is 9.33. The molecule has 3 nitrogen and oxygen atoms in total. The van der Waals surface area contributed by atoms with Crippen LogP contribution >= 0.6 is 0 Å². The number of pyridine rings is 1. The van der Waals surface area contributed by atoms with Gasteiger partial charge >= 0.3 is 6.18 Å². The number of halogens is 3. The van der Waals surface area contributed by atoms with Crippen LogP contribution in [0.1, 0.15) is 19.4 Å². The number of rotatable bonds is 3. The van der Waals surface area contributed by atoms with Crippen molar-refractivity contribution in [3.63, 3.8) is 0 Å². The number of hydrogen-bond acceptors (Lipinski definition) is 3. The third kappa shape index (κ3) is 4.06. The monoisotopic (exact) mass is 235 g/mol. The molecule has 1 N–H and O–H groups in total.